The summed E-state index contributed by atoms with van der Waals surface area (Å²) < 4.78 is 2.38. The molecule has 2 aliphatic rings. The van der Waals surface area contributed by atoms with Crippen LogP contribution in [0.4, 0.5) is 0 Å². The molecule has 3 heterocycles. The van der Waals surface area contributed by atoms with Crippen molar-refractivity contribution in [3.8, 4) is 0 Å². The van der Waals surface area contributed by atoms with E-state index in [0.29, 0.717) is 5.92 Å². The normalized spacial score (nSPS) is 26.9. The maximum absolute atomic E-state index is 4.49. The molecule has 1 fully saturated rings. The van der Waals surface area contributed by atoms with Gasteiger partial charge in [-0.05, 0) is 33.5 Å². The van der Waals surface area contributed by atoms with Crippen molar-refractivity contribution in [3.63, 3.8) is 0 Å². The Balaban J connectivity index is 1.83. The van der Waals surface area contributed by atoms with Crippen molar-refractivity contribution in [2.75, 3.05) is 40.3 Å². The number of fused-ring (bicyclic) bond motifs is 1. The fourth-order valence-corrected chi connectivity index (χ4v) is 3.13. The highest BCUT2D eigenvalue weighted by molar-refractivity contribution is 5.06. The number of hydrogen-bond donors (Lipinski definition) is 0. The highest BCUT2D eigenvalue weighted by Crippen LogP contribution is 2.26. The highest BCUT2D eigenvalue weighted by Gasteiger charge is 2.26. The zero-order valence-corrected chi connectivity index (χ0v) is 11.5. The predicted octanol–water partition coefficient (Wildman–Crippen LogP) is 0.575. The molecular weight excluding hydrogens is 226 g/mol. The fourth-order valence-electron chi connectivity index (χ4n) is 3.13. The second kappa shape index (κ2) is 4.97. The van der Waals surface area contributed by atoms with Crippen LogP contribution in [0.2, 0.25) is 0 Å². The van der Waals surface area contributed by atoms with Crippen LogP contribution in [-0.4, -0.2) is 64.8 Å². The third-order valence-electron chi connectivity index (χ3n) is 4.27. The van der Waals surface area contributed by atoms with Crippen LogP contribution in [0.3, 0.4) is 0 Å². The molecule has 0 aromatic carbocycles. The van der Waals surface area contributed by atoms with Gasteiger partial charge in [-0.25, -0.2) is 0 Å². The second-order valence-corrected chi connectivity index (χ2v) is 5.78. The number of likely N-dealkylation sites (tertiary alicyclic amines) is 1. The fraction of sp³-hybridized carbons (Fsp3) is 0.846. The van der Waals surface area contributed by atoms with Gasteiger partial charge in [0.25, 0.3) is 0 Å². The molecule has 0 spiro atoms. The number of aromatic nitrogens is 3. The molecule has 1 aromatic rings. The van der Waals surface area contributed by atoms with Crippen LogP contribution in [0.25, 0.3) is 0 Å². The van der Waals surface area contributed by atoms with Crippen LogP contribution >= 0.6 is 0 Å². The molecule has 0 N–H and O–H groups in total. The minimum atomic E-state index is 0.577. The molecule has 5 nitrogen and oxygen atoms in total. The number of rotatable bonds is 1. The molecule has 100 valence electrons. The van der Waals surface area contributed by atoms with E-state index in [-0.39, 0.29) is 0 Å². The van der Waals surface area contributed by atoms with Gasteiger partial charge in [0.15, 0.2) is 0 Å². The van der Waals surface area contributed by atoms with Gasteiger partial charge in [-0.2, -0.15) is 0 Å². The van der Waals surface area contributed by atoms with Crippen molar-refractivity contribution < 1.29 is 0 Å². The lowest BCUT2D eigenvalue weighted by molar-refractivity contribution is 0.241. The standard InChI is InChI=1S/C13H23N5/c1-16-7-5-12-14-15-13(18(12)9-8-16)11-4-3-6-17(2)10-11/h11H,3-10H2,1-2H3/t11-/m1/s1. The molecule has 0 aliphatic carbocycles. The van der Waals surface area contributed by atoms with Crippen molar-refractivity contribution in [1.29, 1.82) is 0 Å². The molecule has 18 heavy (non-hydrogen) atoms. The maximum Gasteiger partial charge on any atom is 0.137 e. The quantitative estimate of drug-likeness (QED) is 0.729. The van der Waals surface area contributed by atoms with Crippen LogP contribution in [-0.2, 0) is 13.0 Å². The van der Waals surface area contributed by atoms with E-state index in [2.05, 4.69) is 38.7 Å². The van der Waals surface area contributed by atoms with Gasteiger partial charge < -0.3 is 14.4 Å². The van der Waals surface area contributed by atoms with Gasteiger partial charge in [-0.1, -0.05) is 0 Å². The van der Waals surface area contributed by atoms with Gasteiger partial charge >= 0.3 is 0 Å². The summed E-state index contributed by atoms with van der Waals surface area (Å²) in [5.74, 6) is 2.99. The van der Waals surface area contributed by atoms with Gasteiger partial charge in [0.2, 0.25) is 0 Å². The first-order valence-corrected chi connectivity index (χ1v) is 7.03. The summed E-state index contributed by atoms with van der Waals surface area (Å²) >= 11 is 0. The van der Waals surface area contributed by atoms with Crippen molar-refractivity contribution in [3.05, 3.63) is 11.6 Å². The number of hydrogen-bond acceptors (Lipinski definition) is 4. The molecule has 3 rings (SSSR count). The SMILES string of the molecule is CN1CCc2nnc([C@@H]3CCCN(C)C3)n2CC1. The number of piperidine rings is 1. The first-order chi connectivity index (χ1) is 8.74. The Kier molecular flexibility index (Phi) is 3.35. The van der Waals surface area contributed by atoms with Gasteiger partial charge in [0, 0.05) is 38.5 Å². The van der Waals surface area contributed by atoms with Crippen LogP contribution in [0.5, 0.6) is 0 Å². The van der Waals surface area contributed by atoms with E-state index in [1.54, 1.807) is 0 Å². The van der Waals surface area contributed by atoms with E-state index in [4.69, 9.17) is 0 Å². The smallest absolute Gasteiger partial charge is 0.137 e. The molecule has 1 atom stereocenters. The summed E-state index contributed by atoms with van der Waals surface area (Å²) in [6.07, 6.45) is 3.58. The molecular formula is C13H23N5. The van der Waals surface area contributed by atoms with Crippen molar-refractivity contribution in [1.82, 2.24) is 24.6 Å². The Labute approximate surface area is 109 Å². The molecule has 2 aliphatic heterocycles. The number of nitrogens with zero attached hydrogens (tertiary/aromatic N) is 5. The third-order valence-corrected chi connectivity index (χ3v) is 4.27. The lowest BCUT2D eigenvalue weighted by Gasteiger charge is -2.29. The summed E-state index contributed by atoms with van der Waals surface area (Å²) in [5, 5.41) is 8.91. The maximum atomic E-state index is 4.49. The molecule has 1 saturated heterocycles. The van der Waals surface area contributed by atoms with Gasteiger partial charge in [0.1, 0.15) is 11.6 Å². The highest BCUT2D eigenvalue weighted by atomic mass is 15.3. The van der Waals surface area contributed by atoms with E-state index < -0.39 is 0 Å². The topological polar surface area (TPSA) is 37.2 Å². The van der Waals surface area contributed by atoms with E-state index in [1.807, 2.05) is 0 Å². The lowest BCUT2D eigenvalue weighted by atomic mass is 9.97. The van der Waals surface area contributed by atoms with Crippen LogP contribution in [0.1, 0.15) is 30.4 Å². The number of likely N-dealkylation sites (N-methyl/N-ethyl adjacent to an activating group) is 2. The van der Waals surface area contributed by atoms with E-state index in [1.165, 1.54) is 31.0 Å². The van der Waals surface area contributed by atoms with E-state index in [0.717, 1.165) is 32.6 Å². The van der Waals surface area contributed by atoms with Crippen LogP contribution < -0.4 is 0 Å². The monoisotopic (exact) mass is 249 g/mol. The Hall–Kier alpha value is -0.940. The van der Waals surface area contributed by atoms with Crippen molar-refractivity contribution >= 4 is 0 Å². The predicted molar refractivity (Wildman–Crippen MR) is 70.7 cm³/mol. The zero-order chi connectivity index (χ0) is 12.5. The van der Waals surface area contributed by atoms with Crippen molar-refractivity contribution in [2.45, 2.75) is 31.7 Å². The summed E-state index contributed by atoms with van der Waals surface area (Å²) in [5.41, 5.74) is 0. The van der Waals surface area contributed by atoms with Gasteiger partial charge in [0.05, 0.1) is 0 Å². The van der Waals surface area contributed by atoms with Crippen LogP contribution in [0.15, 0.2) is 0 Å². The zero-order valence-electron chi connectivity index (χ0n) is 11.5. The first kappa shape index (κ1) is 12.1. The molecule has 0 amide bonds. The average Bonchev–Trinajstić information content (AvgIpc) is 2.68. The summed E-state index contributed by atoms with van der Waals surface area (Å²) in [7, 11) is 4.40. The molecule has 5 heteroatoms. The Morgan fingerprint density at radius 1 is 1.00 bits per heavy atom. The minimum absolute atomic E-state index is 0.577. The first-order valence-electron chi connectivity index (χ1n) is 7.03. The second-order valence-electron chi connectivity index (χ2n) is 5.78. The largest absolute Gasteiger partial charge is 0.313 e. The molecule has 0 radical (unpaired) electrons. The Bertz CT molecular complexity index is 414. The summed E-state index contributed by atoms with van der Waals surface area (Å²) in [4.78, 5) is 4.80. The third kappa shape index (κ3) is 2.29. The van der Waals surface area contributed by atoms with Crippen LogP contribution in [0, 0.1) is 0 Å². The van der Waals surface area contributed by atoms with E-state index >= 15 is 0 Å². The summed E-state index contributed by atoms with van der Waals surface area (Å²) in [6.45, 7) is 5.62. The average molecular weight is 249 g/mol. The molecule has 1 aromatic heterocycles. The molecule has 0 bridgehead atoms. The van der Waals surface area contributed by atoms with Gasteiger partial charge in [-0.15, -0.1) is 10.2 Å². The molecule has 0 saturated carbocycles. The van der Waals surface area contributed by atoms with E-state index in [9.17, 15) is 0 Å². The van der Waals surface area contributed by atoms with Crippen molar-refractivity contribution in [2.24, 2.45) is 0 Å². The minimum Gasteiger partial charge on any atom is -0.313 e. The Morgan fingerprint density at radius 2 is 1.89 bits per heavy atom. The molecule has 0 unspecified atom stereocenters. The summed E-state index contributed by atoms with van der Waals surface area (Å²) in [6, 6.07) is 0. The Morgan fingerprint density at radius 3 is 2.72 bits per heavy atom. The van der Waals surface area contributed by atoms with Gasteiger partial charge in [-0.3, -0.25) is 0 Å². The lowest BCUT2D eigenvalue weighted by Crippen LogP contribution is -2.32.